The molecular formula is C13H17BrN4O. The molecule has 0 aliphatic heterocycles. The maximum Gasteiger partial charge on any atom is 0.164 e. The molecule has 0 amide bonds. The number of nitrogens with zero attached hydrogens (tertiary/aromatic N) is 3. The van der Waals surface area contributed by atoms with Gasteiger partial charge in [0.2, 0.25) is 0 Å². The van der Waals surface area contributed by atoms with Crippen LogP contribution in [0.1, 0.15) is 24.7 Å². The van der Waals surface area contributed by atoms with E-state index in [0.29, 0.717) is 13.2 Å². The molecule has 0 bridgehead atoms. The van der Waals surface area contributed by atoms with Gasteiger partial charge in [0.1, 0.15) is 18.7 Å². The minimum atomic E-state index is 0.385. The van der Waals surface area contributed by atoms with E-state index < -0.39 is 0 Å². The average molecular weight is 325 g/mol. The van der Waals surface area contributed by atoms with Crippen LogP contribution in [0, 0.1) is 0 Å². The zero-order valence-corrected chi connectivity index (χ0v) is 12.4. The zero-order valence-electron chi connectivity index (χ0n) is 10.8. The van der Waals surface area contributed by atoms with E-state index in [0.717, 1.165) is 34.6 Å². The van der Waals surface area contributed by atoms with Crippen molar-refractivity contribution < 1.29 is 4.74 Å². The highest BCUT2D eigenvalue weighted by Gasteiger charge is 2.09. The smallest absolute Gasteiger partial charge is 0.164 e. The molecule has 102 valence electrons. The van der Waals surface area contributed by atoms with Gasteiger partial charge < -0.3 is 10.5 Å². The van der Waals surface area contributed by atoms with E-state index in [9.17, 15) is 0 Å². The molecule has 0 aliphatic carbocycles. The van der Waals surface area contributed by atoms with E-state index in [1.807, 2.05) is 22.9 Å². The molecule has 0 radical (unpaired) electrons. The van der Waals surface area contributed by atoms with Crippen molar-refractivity contribution >= 4 is 15.9 Å². The molecule has 2 rings (SSSR count). The Kier molecular flexibility index (Phi) is 4.93. The monoisotopic (exact) mass is 324 g/mol. The molecule has 0 fully saturated rings. The molecule has 0 aliphatic rings. The average Bonchev–Trinajstić information content (AvgIpc) is 2.85. The predicted molar refractivity (Wildman–Crippen MR) is 76.7 cm³/mol. The third-order valence-corrected chi connectivity index (χ3v) is 3.37. The Balaban J connectivity index is 2.12. The van der Waals surface area contributed by atoms with Gasteiger partial charge in [-0.25, -0.2) is 9.67 Å². The molecule has 0 saturated heterocycles. The SMILES string of the molecule is CCCn1ncnc1COc1c(Br)cccc1CN. The number of para-hydroxylation sites is 1. The molecule has 19 heavy (non-hydrogen) atoms. The van der Waals surface area contributed by atoms with Crippen molar-refractivity contribution in [3.05, 3.63) is 40.4 Å². The number of aryl methyl sites for hydroxylation is 1. The first-order valence-electron chi connectivity index (χ1n) is 6.23. The second kappa shape index (κ2) is 6.68. The Labute approximate surface area is 120 Å². The summed E-state index contributed by atoms with van der Waals surface area (Å²) in [4.78, 5) is 4.22. The summed E-state index contributed by atoms with van der Waals surface area (Å²) in [6.45, 7) is 3.77. The van der Waals surface area contributed by atoms with Crippen molar-refractivity contribution in [1.29, 1.82) is 0 Å². The quantitative estimate of drug-likeness (QED) is 0.886. The third kappa shape index (κ3) is 3.33. The van der Waals surface area contributed by atoms with Crippen LogP contribution in [0.5, 0.6) is 5.75 Å². The van der Waals surface area contributed by atoms with Gasteiger partial charge in [0.15, 0.2) is 5.82 Å². The maximum absolute atomic E-state index is 5.84. The molecular weight excluding hydrogens is 308 g/mol. The maximum atomic E-state index is 5.84. The van der Waals surface area contributed by atoms with Crippen LogP contribution in [0.2, 0.25) is 0 Å². The molecule has 2 aromatic rings. The fourth-order valence-corrected chi connectivity index (χ4v) is 2.33. The molecule has 2 N–H and O–H groups in total. The minimum absolute atomic E-state index is 0.385. The van der Waals surface area contributed by atoms with Gasteiger partial charge in [0.05, 0.1) is 4.47 Å². The summed E-state index contributed by atoms with van der Waals surface area (Å²) in [5, 5.41) is 4.17. The van der Waals surface area contributed by atoms with Crippen LogP contribution >= 0.6 is 15.9 Å². The largest absolute Gasteiger partial charge is 0.484 e. The lowest BCUT2D eigenvalue weighted by Gasteiger charge is -2.12. The van der Waals surface area contributed by atoms with Gasteiger partial charge in [0.25, 0.3) is 0 Å². The molecule has 1 aromatic heterocycles. The second-order valence-corrected chi connectivity index (χ2v) is 4.97. The summed E-state index contributed by atoms with van der Waals surface area (Å²) in [7, 11) is 0. The third-order valence-electron chi connectivity index (χ3n) is 2.75. The van der Waals surface area contributed by atoms with Crippen LogP contribution in [-0.2, 0) is 19.7 Å². The van der Waals surface area contributed by atoms with Crippen LogP contribution in [0.25, 0.3) is 0 Å². The van der Waals surface area contributed by atoms with Crippen LogP contribution in [0.15, 0.2) is 29.0 Å². The minimum Gasteiger partial charge on any atom is -0.484 e. The molecule has 0 atom stereocenters. The normalized spacial score (nSPS) is 10.7. The summed E-state index contributed by atoms with van der Waals surface area (Å²) in [5.41, 5.74) is 6.68. The standard InChI is InChI=1S/C13H17BrN4O/c1-2-6-18-12(16-9-17-18)8-19-13-10(7-15)4-3-5-11(13)14/h3-5,9H,2,6-8,15H2,1H3. The first-order chi connectivity index (χ1) is 9.26. The Morgan fingerprint density at radius 2 is 2.26 bits per heavy atom. The summed E-state index contributed by atoms with van der Waals surface area (Å²) < 4.78 is 8.60. The van der Waals surface area contributed by atoms with Gasteiger partial charge in [-0.1, -0.05) is 19.1 Å². The number of hydrogen-bond donors (Lipinski definition) is 1. The van der Waals surface area contributed by atoms with Gasteiger partial charge >= 0.3 is 0 Å². The molecule has 0 spiro atoms. The number of hydrogen-bond acceptors (Lipinski definition) is 4. The summed E-state index contributed by atoms with van der Waals surface area (Å²) in [5.74, 6) is 1.59. The van der Waals surface area contributed by atoms with E-state index in [-0.39, 0.29) is 0 Å². The Morgan fingerprint density at radius 1 is 1.42 bits per heavy atom. The van der Waals surface area contributed by atoms with Gasteiger partial charge in [-0.05, 0) is 28.4 Å². The van der Waals surface area contributed by atoms with Crippen molar-refractivity contribution in [2.24, 2.45) is 5.73 Å². The Hall–Kier alpha value is -1.40. The van der Waals surface area contributed by atoms with Gasteiger partial charge in [-0.2, -0.15) is 5.10 Å². The van der Waals surface area contributed by atoms with Gasteiger partial charge in [0, 0.05) is 18.7 Å². The highest BCUT2D eigenvalue weighted by molar-refractivity contribution is 9.10. The lowest BCUT2D eigenvalue weighted by atomic mass is 10.2. The zero-order chi connectivity index (χ0) is 13.7. The van der Waals surface area contributed by atoms with E-state index >= 15 is 0 Å². The van der Waals surface area contributed by atoms with Crippen molar-refractivity contribution in [3.63, 3.8) is 0 Å². The summed E-state index contributed by atoms with van der Waals surface area (Å²) in [6, 6.07) is 5.83. The lowest BCUT2D eigenvalue weighted by molar-refractivity contribution is 0.281. The van der Waals surface area contributed by atoms with Crippen molar-refractivity contribution in [2.45, 2.75) is 33.0 Å². The van der Waals surface area contributed by atoms with Crippen molar-refractivity contribution in [2.75, 3.05) is 0 Å². The van der Waals surface area contributed by atoms with Crippen molar-refractivity contribution in [3.8, 4) is 5.75 Å². The van der Waals surface area contributed by atoms with E-state index in [4.69, 9.17) is 10.5 Å². The highest BCUT2D eigenvalue weighted by Crippen LogP contribution is 2.29. The van der Waals surface area contributed by atoms with Crippen molar-refractivity contribution in [1.82, 2.24) is 14.8 Å². The molecule has 6 heteroatoms. The molecule has 1 aromatic carbocycles. The van der Waals surface area contributed by atoms with Crippen LogP contribution < -0.4 is 10.5 Å². The number of benzene rings is 1. The van der Waals surface area contributed by atoms with E-state index in [2.05, 4.69) is 32.9 Å². The van der Waals surface area contributed by atoms with Crippen LogP contribution in [-0.4, -0.2) is 14.8 Å². The van der Waals surface area contributed by atoms with Gasteiger partial charge in [-0.3, -0.25) is 0 Å². The topological polar surface area (TPSA) is 66.0 Å². The highest BCUT2D eigenvalue weighted by atomic mass is 79.9. The molecule has 1 heterocycles. The first kappa shape index (κ1) is 14.0. The molecule has 0 saturated carbocycles. The lowest BCUT2D eigenvalue weighted by Crippen LogP contribution is -2.10. The van der Waals surface area contributed by atoms with E-state index in [1.165, 1.54) is 0 Å². The summed E-state index contributed by atoms with van der Waals surface area (Å²) in [6.07, 6.45) is 2.57. The Bertz CT molecular complexity index is 541. The second-order valence-electron chi connectivity index (χ2n) is 4.12. The molecule has 0 unspecified atom stereocenters. The number of halogens is 1. The first-order valence-corrected chi connectivity index (χ1v) is 7.02. The summed E-state index contributed by atoms with van der Waals surface area (Å²) >= 11 is 3.48. The molecule has 5 nitrogen and oxygen atoms in total. The van der Waals surface area contributed by atoms with Crippen LogP contribution in [0.3, 0.4) is 0 Å². The predicted octanol–water partition coefficient (Wildman–Crippen LogP) is 2.49. The number of ether oxygens (including phenoxy) is 1. The number of aromatic nitrogens is 3. The van der Waals surface area contributed by atoms with E-state index in [1.54, 1.807) is 6.33 Å². The Morgan fingerprint density at radius 3 is 3.00 bits per heavy atom. The van der Waals surface area contributed by atoms with Gasteiger partial charge in [-0.15, -0.1) is 0 Å². The number of rotatable bonds is 6. The number of nitrogens with two attached hydrogens (primary N) is 1. The fraction of sp³-hybridized carbons (Fsp3) is 0.385. The van der Waals surface area contributed by atoms with Crippen LogP contribution in [0.4, 0.5) is 0 Å². The fourth-order valence-electron chi connectivity index (χ4n) is 1.81.